The van der Waals surface area contributed by atoms with Crippen molar-refractivity contribution in [2.45, 2.75) is 19.3 Å². The van der Waals surface area contributed by atoms with Gasteiger partial charge in [0.05, 0.1) is 18.1 Å². The number of hydrogen-bond acceptors (Lipinski definition) is 4. The van der Waals surface area contributed by atoms with Gasteiger partial charge in [-0.15, -0.1) is 0 Å². The fourth-order valence-corrected chi connectivity index (χ4v) is 2.86. The lowest BCUT2D eigenvalue weighted by atomic mass is 10.1. The number of amides is 1. The molecule has 0 atom stereocenters. The molecule has 1 N–H and O–H groups in total. The minimum atomic E-state index is -0.260. The second kappa shape index (κ2) is 6.87. The molecule has 1 aliphatic heterocycles. The lowest BCUT2D eigenvalue weighted by Gasteiger charge is -2.27. The largest absolute Gasteiger partial charge is 0.355 e. The van der Waals surface area contributed by atoms with Crippen molar-refractivity contribution in [3.05, 3.63) is 46.8 Å². The van der Waals surface area contributed by atoms with Crippen LogP contribution in [0.4, 0.5) is 11.5 Å². The second-order valence-electron chi connectivity index (χ2n) is 5.24. The summed E-state index contributed by atoms with van der Waals surface area (Å²) in [7, 11) is 0. The molecule has 1 aromatic heterocycles. The van der Waals surface area contributed by atoms with E-state index in [9.17, 15) is 4.79 Å². The maximum absolute atomic E-state index is 12.2. The molecule has 1 amide bonds. The number of nitrogens with one attached hydrogen (secondary N) is 1. The predicted octanol–water partition coefficient (Wildman–Crippen LogP) is 3.48. The standard InChI is InChI=1S/C16H17BrN4O/c17-12-6-2-3-7-13(12)20-16(22)14-10-19-15(11-18-14)21-8-4-1-5-9-21/h2-3,6-7,10-11H,1,4-5,8-9H2,(H,20,22). The molecule has 3 rings (SSSR count). The van der Waals surface area contributed by atoms with Crippen LogP contribution in [-0.2, 0) is 0 Å². The number of piperidine rings is 1. The Morgan fingerprint density at radius 3 is 2.55 bits per heavy atom. The number of hydrogen-bond donors (Lipinski definition) is 1. The van der Waals surface area contributed by atoms with Gasteiger partial charge in [-0.05, 0) is 47.3 Å². The Balaban J connectivity index is 1.69. The summed E-state index contributed by atoms with van der Waals surface area (Å²) in [6, 6.07) is 7.47. The van der Waals surface area contributed by atoms with E-state index in [0.717, 1.165) is 29.1 Å². The highest BCUT2D eigenvalue weighted by Gasteiger charge is 2.14. The van der Waals surface area contributed by atoms with Crippen LogP contribution in [0.5, 0.6) is 0 Å². The molecular weight excluding hydrogens is 344 g/mol. The van der Waals surface area contributed by atoms with Crippen molar-refractivity contribution < 1.29 is 4.79 Å². The number of nitrogens with zero attached hydrogens (tertiary/aromatic N) is 3. The zero-order chi connectivity index (χ0) is 15.4. The summed E-state index contributed by atoms with van der Waals surface area (Å²) >= 11 is 3.40. The van der Waals surface area contributed by atoms with E-state index in [-0.39, 0.29) is 5.91 Å². The van der Waals surface area contributed by atoms with Crippen LogP contribution in [0.2, 0.25) is 0 Å². The van der Waals surface area contributed by atoms with Crippen molar-refractivity contribution in [3.8, 4) is 0 Å². The van der Waals surface area contributed by atoms with Gasteiger partial charge in [0.2, 0.25) is 0 Å². The van der Waals surface area contributed by atoms with Gasteiger partial charge in [0.25, 0.3) is 5.91 Å². The highest BCUT2D eigenvalue weighted by Crippen LogP contribution is 2.22. The molecule has 1 aromatic carbocycles. The van der Waals surface area contributed by atoms with Crippen LogP contribution in [0.15, 0.2) is 41.1 Å². The monoisotopic (exact) mass is 360 g/mol. The molecule has 0 bridgehead atoms. The Labute approximate surface area is 137 Å². The third-order valence-electron chi connectivity index (χ3n) is 3.67. The highest BCUT2D eigenvalue weighted by atomic mass is 79.9. The number of carbonyl (C=O) groups excluding carboxylic acids is 1. The molecule has 1 aliphatic rings. The predicted molar refractivity (Wildman–Crippen MR) is 90.2 cm³/mol. The van der Waals surface area contributed by atoms with Crippen LogP contribution in [0, 0.1) is 0 Å². The molecule has 1 fully saturated rings. The van der Waals surface area contributed by atoms with Crippen LogP contribution in [0.25, 0.3) is 0 Å². The summed E-state index contributed by atoms with van der Waals surface area (Å²) in [4.78, 5) is 23.0. The first-order valence-electron chi connectivity index (χ1n) is 7.37. The number of para-hydroxylation sites is 1. The molecule has 0 unspecified atom stereocenters. The fourth-order valence-electron chi connectivity index (χ4n) is 2.47. The number of anilines is 2. The summed E-state index contributed by atoms with van der Waals surface area (Å²) in [5.41, 5.74) is 1.03. The Hall–Kier alpha value is -1.95. The third-order valence-corrected chi connectivity index (χ3v) is 4.36. The molecule has 0 spiro atoms. The average molecular weight is 361 g/mol. The zero-order valence-electron chi connectivity index (χ0n) is 12.1. The summed E-state index contributed by atoms with van der Waals surface area (Å²) in [6.45, 7) is 2.02. The zero-order valence-corrected chi connectivity index (χ0v) is 13.7. The quantitative estimate of drug-likeness (QED) is 0.910. The van der Waals surface area contributed by atoms with Crippen LogP contribution in [0.1, 0.15) is 29.8 Å². The molecular formula is C16H17BrN4O. The maximum Gasteiger partial charge on any atom is 0.275 e. The lowest BCUT2D eigenvalue weighted by Crippen LogP contribution is -2.30. The number of benzene rings is 1. The Morgan fingerprint density at radius 2 is 1.86 bits per heavy atom. The minimum absolute atomic E-state index is 0.260. The van der Waals surface area contributed by atoms with Gasteiger partial charge in [0.1, 0.15) is 11.5 Å². The van der Waals surface area contributed by atoms with E-state index in [1.165, 1.54) is 25.5 Å². The molecule has 0 saturated carbocycles. The van der Waals surface area contributed by atoms with Crippen LogP contribution in [0.3, 0.4) is 0 Å². The van der Waals surface area contributed by atoms with Gasteiger partial charge in [-0.1, -0.05) is 12.1 Å². The normalized spacial score (nSPS) is 14.7. The molecule has 2 aromatic rings. The van der Waals surface area contributed by atoms with Gasteiger partial charge in [-0.3, -0.25) is 4.79 Å². The lowest BCUT2D eigenvalue weighted by molar-refractivity contribution is 0.102. The van der Waals surface area contributed by atoms with Gasteiger partial charge in [0.15, 0.2) is 0 Å². The van der Waals surface area contributed by atoms with E-state index >= 15 is 0 Å². The molecule has 114 valence electrons. The number of aromatic nitrogens is 2. The Kier molecular flexibility index (Phi) is 4.68. The van der Waals surface area contributed by atoms with Crippen LogP contribution < -0.4 is 10.2 Å². The summed E-state index contributed by atoms with van der Waals surface area (Å²) in [5.74, 6) is 0.585. The van der Waals surface area contributed by atoms with Crippen molar-refractivity contribution in [3.63, 3.8) is 0 Å². The SMILES string of the molecule is O=C(Nc1ccccc1Br)c1cnc(N2CCCCC2)cn1. The second-order valence-corrected chi connectivity index (χ2v) is 6.10. The number of rotatable bonds is 3. The first-order valence-corrected chi connectivity index (χ1v) is 8.16. The van der Waals surface area contributed by atoms with E-state index < -0.39 is 0 Å². The van der Waals surface area contributed by atoms with Gasteiger partial charge >= 0.3 is 0 Å². The molecule has 0 radical (unpaired) electrons. The first kappa shape index (κ1) is 15.0. The highest BCUT2D eigenvalue weighted by molar-refractivity contribution is 9.10. The molecule has 6 heteroatoms. The maximum atomic E-state index is 12.2. The van der Waals surface area contributed by atoms with E-state index in [1.807, 2.05) is 24.3 Å². The van der Waals surface area contributed by atoms with Gasteiger partial charge < -0.3 is 10.2 Å². The molecule has 22 heavy (non-hydrogen) atoms. The van der Waals surface area contributed by atoms with Crippen molar-refractivity contribution >= 4 is 33.3 Å². The minimum Gasteiger partial charge on any atom is -0.355 e. The number of carbonyl (C=O) groups is 1. The smallest absolute Gasteiger partial charge is 0.275 e. The summed E-state index contributed by atoms with van der Waals surface area (Å²) in [5, 5.41) is 2.82. The Morgan fingerprint density at radius 1 is 1.09 bits per heavy atom. The first-order chi connectivity index (χ1) is 10.7. The van der Waals surface area contributed by atoms with Gasteiger partial charge in [0, 0.05) is 17.6 Å². The van der Waals surface area contributed by atoms with E-state index in [2.05, 4.69) is 36.1 Å². The molecule has 2 heterocycles. The van der Waals surface area contributed by atoms with Crippen LogP contribution in [-0.4, -0.2) is 29.0 Å². The number of halogens is 1. The average Bonchev–Trinajstić information content (AvgIpc) is 2.58. The van der Waals surface area contributed by atoms with Gasteiger partial charge in [-0.2, -0.15) is 0 Å². The van der Waals surface area contributed by atoms with Crippen molar-refractivity contribution in [1.82, 2.24) is 9.97 Å². The van der Waals surface area contributed by atoms with E-state index in [4.69, 9.17) is 0 Å². The summed E-state index contributed by atoms with van der Waals surface area (Å²) < 4.78 is 0.834. The fraction of sp³-hybridized carbons (Fsp3) is 0.312. The van der Waals surface area contributed by atoms with Crippen molar-refractivity contribution in [2.24, 2.45) is 0 Å². The molecule has 0 aliphatic carbocycles. The van der Waals surface area contributed by atoms with Gasteiger partial charge in [-0.25, -0.2) is 9.97 Å². The molecule has 5 nitrogen and oxygen atoms in total. The Bertz CT molecular complexity index is 653. The van der Waals surface area contributed by atoms with E-state index in [0.29, 0.717) is 5.69 Å². The van der Waals surface area contributed by atoms with E-state index in [1.54, 1.807) is 6.20 Å². The molecule has 1 saturated heterocycles. The van der Waals surface area contributed by atoms with Crippen molar-refractivity contribution in [2.75, 3.05) is 23.3 Å². The topological polar surface area (TPSA) is 58.1 Å². The van der Waals surface area contributed by atoms with Crippen molar-refractivity contribution in [1.29, 1.82) is 0 Å². The van der Waals surface area contributed by atoms with Crippen LogP contribution >= 0.6 is 15.9 Å². The summed E-state index contributed by atoms with van der Waals surface area (Å²) in [6.07, 6.45) is 6.87. The third kappa shape index (κ3) is 3.44.